The number of nitrogens with zero attached hydrogens (tertiary/aromatic N) is 1. The molecular formula is C11H24N2O. The minimum atomic E-state index is 0.587. The predicted octanol–water partition coefficient (Wildman–Crippen LogP) is 1.08. The molecule has 1 unspecified atom stereocenters. The second-order valence-electron chi connectivity index (χ2n) is 4.12. The third-order valence-electron chi connectivity index (χ3n) is 3.39. The number of hydrogen-bond donors (Lipinski definition) is 1. The molecule has 0 spiro atoms. The molecule has 1 aliphatic carbocycles. The van der Waals surface area contributed by atoms with Gasteiger partial charge in [-0.15, -0.1) is 0 Å². The highest BCUT2D eigenvalue weighted by atomic mass is 16.5. The van der Waals surface area contributed by atoms with Crippen LogP contribution in [0.25, 0.3) is 0 Å². The number of likely N-dealkylation sites (N-methyl/N-ethyl adjacent to an activating group) is 1. The molecule has 1 fully saturated rings. The zero-order chi connectivity index (χ0) is 10.4. The maximum atomic E-state index is 5.85. The van der Waals surface area contributed by atoms with Crippen molar-refractivity contribution in [1.29, 1.82) is 0 Å². The van der Waals surface area contributed by atoms with Gasteiger partial charge in [-0.1, -0.05) is 13.3 Å². The monoisotopic (exact) mass is 200 g/mol. The van der Waals surface area contributed by atoms with Crippen LogP contribution < -0.4 is 5.73 Å². The van der Waals surface area contributed by atoms with Crippen molar-refractivity contribution in [2.45, 2.75) is 32.2 Å². The summed E-state index contributed by atoms with van der Waals surface area (Å²) in [5.74, 6) is 0.844. The second-order valence-corrected chi connectivity index (χ2v) is 4.12. The quantitative estimate of drug-likeness (QED) is 0.668. The van der Waals surface area contributed by atoms with Gasteiger partial charge in [-0.2, -0.15) is 0 Å². The molecule has 0 aliphatic heterocycles. The van der Waals surface area contributed by atoms with Crippen LogP contribution in [0.1, 0.15) is 26.2 Å². The van der Waals surface area contributed by atoms with Crippen LogP contribution in [-0.4, -0.2) is 44.3 Å². The van der Waals surface area contributed by atoms with Crippen molar-refractivity contribution in [1.82, 2.24) is 4.90 Å². The van der Waals surface area contributed by atoms with Crippen molar-refractivity contribution in [2.24, 2.45) is 11.7 Å². The summed E-state index contributed by atoms with van der Waals surface area (Å²) >= 11 is 0. The van der Waals surface area contributed by atoms with Crippen LogP contribution in [0.15, 0.2) is 0 Å². The van der Waals surface area contributed by atoms with Gasteiger partial charge in [0.2, 0.25) is 0 Å². The van der Waals surface area contributed by atoms with Crippen LogP contribution >= 0.6 is 0 Å². The molecule has 2 N–H and O–H groups in total. The summed E-state index contributed by atoms with van der Waals surface area (Å²) in [6.45, 7) is 5.92. The van der Waals surface area contributed by atoms with E-state index in [1.807, 2.05) is 0 Å². The van der Waals surface area contributed by atoms with Gasteiger partial charge in [-0.3, -0.25) is 4.90 Å². The Balaban J connectivity index is 2.37. The van der Waals surface area contributed by atoms with Crippen LogP contribution in [0, 0.1) is 5.92 Å². The van der Waals surface area contributed by atoms with E-state index in [0.29, 0.717) is 6.04 Å². The molecule has 0 radical (unpaired) electrons. The second kappa shape index (κ2) is 6.38. The summed E-state index contributed by atoms with van der Waals surface area (Å²) in [5, 5.41) is 0. The number of ether oxygens (including phenoxy) is 1. The Hall–Kier alpha value is -0.120. The zero-order valence-electron chi connectivity index (χ0n) is 9.54. The molecule has 14 heavy (non-hydrogen) atoms. The molecule has 0 aromatic carbocycles. The predicted molar refractivity (Wildman–Crippen MR) is 59.3 cm³/mol. The average Bonchev–Trinajstić information content (AvgIpc) is 2.14. The fourth-order valence-corrected chi connectivity index (χ4v) is 2.23. The van der Waals surface area contributed by atoms with E-state index in [0.717, 1.165) is 32.2 Å². The fraction of sp³-hybridized carbons (Fsp3) is 1.00. The average molecular weight is 200 g/mol. The van der Waals surface area contributed by atoms with E-state index in [2.05, 4.69) is 11.8 Å². The van der Waals surface area contributed by atoms with Crippen LogP contribution in [0.2, 0.25) is 0 Å². The summed E-state index contributed by atoms with van der Waals surface area (Å²) in [4.78, 5) is 2.47. The van der Waals surface area contributed by atoms with Crippen molar-refractivity contribution >= 4 is 0 Å². The van der Waals surface area contributed by atoms with Gasteiger partial charge in [0.1, 0.15) is 0 Å². The van der Waals surface area contributed by atoms with Crippen LogP contribution in [-0.2, 0) is 4.74 Å². The lowest BCUT2D eigenvalue weighted by molar-refractivity contribution is 0.0746. The molecule has 3 heteroatoms. The maximum Gasteiger partial charge on any atom is 0.0589 e. The summed E-state index contributed by atoms with van der Waals surface area (Å²) in [5.41, 5.74) is 5.85. The number of methoxy groups -OCH3 is 1. The van der Waals surface area contributed by atoms with E-state index in [1.54, 1.807) is 7.11 Å². The van der Waals surface area contributed by atoms with Gasteiger partial charge in [0.05, 0.1) is 6.61 Å². The van der Waals surface area contributed by atoms with Crippen molar-refractivity contribution in [3.05, 3.63) is 0 Å². The zero-order valence-corrected chi connectivity index (χ0v) is 9.54. The number of rotatable bonds is 7. The van der Waals surface area contributed by atoms with E-state index in [4.69, 9.17) is 10.5 Å². The first-order valence-electron chi connectivity index (χ1n) is 5.76. The Bertz CT molecular complexity index is 148. The Labute approximate surface area is 87.6 Å². The molecular weight excluding hydrogens is 176 g/mol. The molecule has 1 atom stereocenters. The summed E-state index contributed by atoms with van der Waals surface area (Å²) in [6, 6.07) is 0.587. The van der Waals surface area contributed by atoms with E-state index >= 15 is 0 Å². The lowest BCUT2D eigenvalue weighted by Gasteiger charge is -2.40. The summed E-state index contributed by atoms with van der Waals surface area (Å²) < 4.78 is 5.12. The Kier molecular flexibility index (Phi) is 5.45. The molecule has 0 aromatic rings. The Morgan fingerprint density at radius 1 is 1.50 bits per heavy atom. The van der Waals surface area contributed by atoms with Crippen LogP contribution in [0.5, 0.6) is 0 Å². The van der Waals surface area contributed by atoms with Gasteiger partial charge in [0, 0.05) is 26.2 Å². The molecule has 0 amide bonds. The molecule has 0 bridgehead atoms. The standard InChI is InChI=1S/C11H24N2O/c1-3-13(7-8-14-2)11(9-12)10-5-4-6-10/h10-11H,3-9,12H2,1-2H3. The topological polar surface area (TPSA) is 38.5 Å². The molecule has 3 nitrogen and oxygen atoms in total. The van der Waals surface area contributed by atoms with Crippen molar-refractivity contribution in [3.8, 4) is 0 Å². The number of nitrogens with two attached hydrogens (primary N) is 1. The van der Waals surface area contributed by atoms with Crippen molar-refractivity contribution < 1.29 is 4.74 Å². The Morgan fingerprint density at radius 2 is 2.21 bits per heavy atom. The molecule has 1 aliphatic rings. The lowest BCUT2D eigenvalue weighted by atomic mass is 9.79. The molecule has 0 aromatic heterocycles. The first-order chi connectivity index (χ1) is 6.83. The SMILES string of the molecule is CCN(CCOC)C(CN)C1CCC1. The normalized spacial score (nSPS) is 19.7. The van der Waals surface area contributed by atoms with Gasteiger partial charge >= 0.3 is 0 Å². The highest BCUT2D eigenvalue weighted by molar-refractivity contribution is 4.85. The van der Waals surface area contributed by atoms with Crippen LogP contribution in [0.4, 0.5) is 0 Å². The van der Waals surface area contributed by atoms with E-state index in [9.17, 15) is 0 Å². The van der Waals surface area contributed by atoms with Crippen molar-refractivity contribution in [3.63, 3.8) is 0 Å². The summed E-state index contributed by atoms with van der Waals surface area (Å²) in [6.07, 6.45) is 4.12. The van der Waals surface area contributed by atoms with Crippen LogP contribution in [0.3, 0.4) is 0 Å². The first kappa shape index (κ1) is 12.0. The minimum absolute atomic E-state index is 0.587. The highest BCUT2D eigenvalue weighted by Gasteiger charge is 2.29. The first-order valence-corrected chi connectivity index (χ1v) is 5.76. The Morgan fingerprint density at radius 3 is 2.57 bits per heavy atom. The molecule has 84 valence electrons. The van der Waals surface area contributed by atoms with Gasteiger partial charge in [-0.05, 0) is 25.3 Å². The lowest BCUT2D eigenvalue weighted by Crippen LogP contribution is -2.48. The van der Waals surface area contributed by atoms with Crippen molar-refractivity contribution in [2.75, 3.05) is 33.4 Å². The summed E-state index contributed by atoms with van der Waals surface area (Å²) in [7, 11) is 1.76. The fourth-order valence-electron chi connectivity index (χ4n) is 2.23. The molecule has 0 heterocycles. The largest absolute Gasteiger partial charge is 0.383 e. The van der Waals surface area contributed by atoms with E-state index in [-0.39, 0.29) is 0 Å². The third kappa shape index (κ3) is 2.94. The number of hydrogen-bond acceptors (Lipinski definition) is 3. The minimum Gasteiger partial charge on any atom is -0.383 e. The smallest absolute Gasteiger partial charge is 0.0589 e. The van der Waals surface area contributed by atoms with Gasteiger partial charge < -0.3 is 10.5 Å². The molecule has 1 rings (SSSR count). The van der Waals surface area contributed by atoms with E-state index in [1.165, 1.54) is 19.3 Å². The van der Waals surface area contributed by atoms with Gasteiger partial charge in [0.25, 0.3) is 0 Å². The molecule has 1 saturated carbocycles. The highest BCUT2D eigenvalue weighted by Crippen LogP contribution is 2.31. The van der Waals surface area contributed by atoms with Gasteiger partial charge in [0.15, 0.2) is 0 Å². The van der Waals surface area contributed by atoms with Gasteiger partial charge in [-0.25, -0.2) is 0 Å². The van der Waals surface area contributed by atoms with E-state index < -0.39 is 0 Å². The molecule has 0 saturated heterocycles. The maximum absolute atomic E-state index is 5.85. The third-order valence-corrected chi connectivity index (χ3v) is 3.39.